The Labute approximate surface area is 160 Å². The molecule has 0 amide bonds. The lowest BCUT2D eigenvalue weighted by Crippen LogP contribution is -2.20. The van der Waals surface area contributed by atoms with Gasteiger partial charge in [0.1, 0.15) is 0 Å². The first kappa shape index (κ1) is 16.2. The molecule has 0 atom stereocenters. The topological polar surface area (TPSA) is 0 Å². The molecule has 0 aliphatic carbocycles. The Morgan fingerprint density at radius 3 is 1.52 bits per heavy atom. The summed E-state index contributed by atoms with van der Waals surface area (Å²) < 4.78 is 0. The van der Waals surface area contributed by atoms with Crippen molar-refractivity contribution in [3.8, 4) is 0 Å². The lowest BCUT2D eigenvalue weighted by molar-refractivity contribution is 1.74. The van der Waals surface area contributed by atoms with Crippen LogP contribution in [0.1, 0.15) is 0 Å². The van der Waals surface area contributed by atoms with Crippen LogP contribution in [0.4, 0.5) is 0 Å². The van der Waals surface area contributed by atoms with Crippen molar-refractivity contribution in [3.63, 3.8) is 0 Å². The Kier molecular flexibility index (Phi) is 4.20. The Morgan fingerprint density at radius 1 is 0.481 bits per heavy atom. The van der Waals surface area contributed by atoms with E-state index >= 15 is 0 Å². The van der Waals surface area contributed by atoms with E-state index < -0.39 is 7.92 Å². The summed E-state index contributed by atoms with van der Waals surface area (Å²) in [6.07, 6.45) is 0. The summed E-state index contributed by atoms with van der Waals surface area (Å²) in [6.45, 7) is 0. The Bertz CT molecular complexity index is 1150. The van der Waals surface area contributed by atoms with Crippen molar-refractivity contribution in [2.75, 3.05) is 0 Å². The van der Waals surface area contributed by atoms with Gasteiger partial charge in [0.05, 0.1) is 0 Å². The van der Waals surface area contributed by atoms with Gasteiger partial charge in [-0.2, -0.15) is 0 Å². The largest absolute Gasteiger partial charge is 0.0616 e. The molecule has 0 fully saturated rings. The van der Waals surface area contributed by atoms with Crippen LogP contribution in [0.3, 0.4) is 0 Å². The van der Waals surface area contributed by atoms with Crippen LogP contribution in [0.5, 0.6) is 0 Å². The summed E-state index contributed by atoms with van der Waals surface area (Å²) in [7, 11) is -0.648. The number of fused-ring (bicyclic) bond motifs is 2. The zero-order valence-corrected chi connectivity index (χ0v) is 15.7. The lowest BCUT2D eigenvalue weighted by atomic mass is 10.1. The molecule has 0 N–H and O–H groups in total. The second-order valence-corrected chi connectivity index (χ2v) is 8.83. The summed E-state index contributed by atoms with van der Waals surface area (Å²) in [5, 5.41) is 9.14. The summed E-state index contributed by atoms with van der Waals surface area (Å²) >= 11 is 0. The highest BCUT2D eigenvalue weighted by molar-refractivity contribution is 7.79. The van der Waals surface area contributed by atoms with Crippen molar-refractivity contribution < 1.29 is 0 Å². The van der Waals surface area contributed by atoms with Gasteiger partial charge >= 0.3 is 0 Å². The van der Waals surface area contributed by atoms with Crippen molar-refractivity contribution in [1.29, 1.82) is 0 Å². The van der Waals surface area contributed by atoms with Crippen molar-refractivity contribution in [3.05, 3.63) is 115 Å². The maximum Gasteiger partial charge on any atom is -0.00724 e. The monoisotopic (exact) mass is 361 g/mol. The summed E-state index contributed by atoms with van der Waals surface area (Å²) in [6, 6.07) is 42.8. The fraction of sp³-hybridized carbons (Fsp3) is 0. The van der Waals surface area contributed by atoms with Gasteiger partial charge in [-0.25, -0.2) is 0 Å². The Balaban J connectivity index is 1.72. The average molecular weight is 361 g/mol. The molecule has 5 aromatic rings. The van der Waals surface area contributed by atoms with Crippen molar-refractivity contribution in [2.45, 2.75) is 0 Å². The van der Waals surface area contributed by atoms with Gasteiger partial charge in [0.15, 0.2) is 0 Å². The third-order valence-electron chi connectivity index (χ3n) is 4.92. The molecule has 5 aromatic carbocycles. The van der Waals surface area contributed by atoms with Crippen LogP contribution in [0, 0.1) is 6.07 Å². The van der Waals surface area contributed by atoms with E-state index in [1.807, 2.05) is 12.1 Å². The first-order valence-electron chi connectivity index (χ1n) is 9.13. The van der Waals surface area contributed by atoms with Gasteiger partial charge in [-0.1, -0.05) is 97.1 Å². The summed E-state index contributed by atoms with van der Waals surface area (Å²) in [4.78, 5) is 0. The normalized spacial score (nSPS) is 11.3. The van der Waals surface area contributed by atoms with Gasteiger partial charge < -0.3 is 0 Å². The molecule has 0 unspecified atom stereocenters. The summed E-state index contributed by atoms with van der Waals surface area (Å²) in [5.41, 5.74) is 0. The van der Waals surface area contributed by atoms with Crippen LogP contribution < -0.4 is 15.9 Å². The van der Waals surface area contributed by atoms with Crippen LogP contribution in [-0.2, 0) is 0 Å². The smallest absolute Gasteiger partial charge is 0.00724 e. The molecule has 5 rings (SSSR count). The molecule has 127 valence electrons. The Hall–Kier alpha value is -2.95. The van der Waals surface area contributed by atoms with Crippen LogP contribution in [0.25, 0.3) is 21.5 Å². The molecule has 0 saturated heterocycles. The first-order chi connectivity index (χ1) is 13.4. The molecule has 1 radical (unpaired) electrons. The van der Waals surface area contributed by atoms with Crippen LogP contribution >= 0.6 is 7.92 Å². The highest BCUT2D eigenvalue weighted by Crippen LogP contribution is 2.34. The first-order valence-corrected chi connectivity index (χ1v) is 10.5. The standard InChI is InChI=1S/C26H18P/c1-2-12-24(13-3-1)27(25-16-14-20-8-4-6-10-22(20)18-25)26-17-15-21-9-5-7-11-23(21)19-26/h1-12,14-19H. The van der Waals surface area contributed by atoms with E-state index in [0.29, 0.717) is 0 Å². The maximum atomic E-state index is 3.49. The summed E-state index contributed by atoms with van der Waals surface area (Å²) in [5.74, 6) is 0. The predicted octanol–water partition coefficient (Wildman–Crippen LogP) is 5.55. The Morgan fingerprint density at radius 2 is 1.00 bits per heavy atom. The molecule has 0 saturated carbocycles. The molecule has 0 bridgehead atoms. The minimum absolute atomic E-state index is 0.648. The van der Waals surface area contributed by atoms with Crippen molar-refractivity contribution in [2.24, 2.45) is 0 Å². The number of benzene rings is 5. The second-order valence-electron chi connectivity index (χ2n) is 6.65. The highest BCUT2D eigenvalue weighted by atomic mass is 31.1. The third-order valence-corrected chi connectivity index (χ3v) is 7.27. The zero-order chi connectivity index (χ0) is 18.1. The van der Waals surface area contributed by atoms with Gasteiger partial charge in [-0.15, -0.1) is 0 Å². The van der Waals surface area contributed by atoms with Crippen LogP contribution in [0.15, 0.2) is 109 Å². The molecule has 0 heterocycles. The number of hydrogen-bond donors (Lipinski definition) is 0. The SMILES string of the molecule is [c]1ccccc1P(c1ccc2ccccc2c1)c1ccc2ccccc2c1. The van der Waals surface area contributed by atoms with Crippen molar-refractivity contribution >= 4 is 45.4 Å². The van der Waals surface area contributed by atoms with E-state index in [0.717, 1.165) is 0 Å². The minimum Gasteiger partial charge on any atom is -0.0616 e. The van der Waals surface area contributed by atoms with Crippen molar-refractivity contribution in [1.82, 2.24) is 0 Å². The zero-order valence-electron chi connectivity index (χ0n) is 14.8. The highest BCUT2D eigenvalue weighted by Gasteiger charge is 2.17. The molecular weight excluding hydrogens is 343 g/mol. The van der Waals surface area contributed by atoms with E-state index in [9.17, 15) is 0 Å². The van der Waals surface area contributed by atoms with E-state index in [2.05, 4.69) is 103 Å². The molecule has 1 heteroatoms. The number of rotatable bonds is 3. The second kappa shape index (κ2) is 6.99. The van der Waals surface area contributed by atoms with E-state index in [1.54, 1.807) is 0 Å². The molecule has 0 aliphatic rings. The maximum absolute atomic E-state index is 3.49. The van der Waals surface area contributed by atoms with E-state index in [1.165, 1.54) is 37.5 Å². The van der Waals surface area contributed by atoms with Gasteiger partial charge in [-0.3, -0.25) is 0 Å². The minimum atomic E-state index is -0.648. The molecule has 0 nitrogen and oxygen atoms in total. The lowest BCUT2D eigenvalue weighted by Gasteiger charge is -2.20. The van der Waals surface area contributed by atoms with Crippen LogP contribution in [-0.4, -0.2) is 0 Å². The molecule has 0 aliphatic heterocycles. The molecule has 27 heavy (non-hydrogen) atoms. The average Bonchev–Trinajstić information content (AvgIpc) is 2.74. The molecule has 0 spiro atoms. The number of hydrogen-bond acceptors (Lipinski definition) is 0. The van der Waals surface area contributed by atoms with E-state index in [4.69, 9.17) is 0 Å². The van der Waals surface area contributed by atoms with Crippen LogP contribution in [0.2, 0.25) is 0 Å². The van der Waals surface area contributed by atoms with Gasteiger partial charge in [0, 0.05) is 0 Å². The van der Waals surface area contributed by atoms with Gasteiger partial charge in [0.2, 0.25) is 0 Å². The molecule has 0 aromatic heterocycles. The molecular formula is C26H18P. The third kappa shape index (κ3) is 3.14. The fourth-order valence-corrected chi connectivity index (χ4v) is 5.86. The quantitative estimate of drug-likeness (QED) is 0.370. The predicted molar refractivity (Wildman–Crippen MR) is 119 cm³/mol. The fourth-order valence-electron chi connectivity index (χ4n) is 3.58. The van der Waals surface area contributed by atoms with Gasteiger partial charge in [0.25, 0.3) is 0 Å². The van der Waals surface area contributed by atoms with E-state index in [-0.39, 0.29) is 0 Å². The van der Waals surface area contributed by atoms with Gasteiger partial charge in [-0.05, 0) is 63.6 Å².